The van der Waals surface area contributed by atoms with Crippen molar-refractivity contribution in [3.8, 4) is 0 Å². The van der Waals surface area contributed by atoms with E-state index in [-0.39, 0.29) is 6.03 Å². The van der Waals surface area contributed by atoms with Crippen LogP contribution in [0.2, 0.25) is 0 Å². The second-order valence-electron chi connectivity index (χ2n) is 5.08. The largest absolute Gasteiger partial charge is 0.467 e. The van der Waals surface area contributed by atoms with Gasteiger partial charge in [-0.05, 0) is 55.7 Å². The highest BCUT2D eigenvalue weighted by molar-refractivity contribution is 5.89. The predicted molar refractivity (Wildman–Crippen MR) is 81.2 cm³/mol. The Morgan fingerprint density at radius 3 is 2.62 bits per heavy atom. The topological polar surface area (TPSA) is 74.5 Å². The number of urea groups is 1. The number of amides is 2. The summed E-state index contributed by atoms with van der Waals surface area (Å²) >= 11 is 0. The smallest absolute Gasteiger partial charge is 0.319 e. The van der Waals surface area contributed by atoms with Crippen molar-refractivity contribution in [2.24, 2.45) is 0 Å². The molecular formula is C16H20N2O3. The van der Waals surface area contributed by atoms with Crippen molar-refractivity contribution in [1.29, 1.82) is 0 Å². The first-order valence-corrected chi connectivity index (χ1v) is 6.89. The molecule has 0 aliphatic carbocycles. The molecule has 5 heteroatoms. The first-order valence-electron chi connectivity index (χ1n) is 6.89. The summed E-state index contributed by atoms with van der Waals surface area (Å²) in [7, 11) is 0. The van der Waals surface area contributed by atoms with Crippen LogP contribution in [-0.4, -0.2) is 17.7 Å². The Bertz CT molecular complexity index is 573. The molecule has 1 aromatic carbocycles. The number of aliphatic hydroxyl groups excluding tert-OH is 1. The van der Waals surface area contributed by atoms with Gasteiger partial charge in [-0.2, -0.15) is 0 Å². The van der Waals surface area contributed by atoms with Gasteiger partial charge in [-0.3, -0.25) is 0 Å². The van der Waals surface area contributed by atoms with E-state index in [1.54, 1.807) is 12.1 Å². The highest BCUT2D eigenvalue weighted by Crippen LogP contribution is 2.16. The highest BCUT2D eigenvalue weighted by atomic mass is 16.4. The SMILES string of the molecule is Cc1cc(C)cc(NC(=O)NCCC(O)c2ccco2)c1. The van der Waals surface area contributed by atoms with Crippen molar-refractivity contribution >= 4 is 11.7 Å². The van der Waals surface area contributed by atoms with E-state index >= 15 is 0 Å². The first-order chi connectivity index (χ1) is 10.0. The van der Waals surface area contributed by atoms with Crippen LogP contribution < -0.4 is 10.6 Å². The lowest BCUT2D eigenvalue weighted by atomic mass is 10.1. The zero-order valence-electron chi connectivity index (χ0n) is 12.2. The van der Waals surface area contributed by atoms with Crippen LogP contribution in [0.15, 0.2) is 41.0 Å². The molecular weight excluding hydrogens is 268 g/mol. The van der Waals surface area contributed by atoms with E-state index in [0.29, 0.717) is 18.7 Å². The molecule has 1 unspecified atom stereocenters. The Labute approximate surface area is 124 Å². The number of rotatable bonds is 5. The third kappa shape index (κ3) is 4.65. The van der Waals surface area contributed by atoms with Crippen molar-refractivity contribution in [3.63, 3.8) is 0 Å². The molecule has 0 saturated carbocycles. The van der Waals surface area contributed by atoms with E-state index in [1.807, 2.05) is 32.0 Å². The van der Waals surface area contributed by atoms with E-state index in [1.165, 1.54) is 6.26 Å². The molecule has 0 aliphatic heterocycles. The first kappa shape index (κ1) is 15.1. The number of aryl methyl sites for hydroxylation is 2. The Morgan fingerprint density at radius 2 is 2.00 bits per heavy atom. The third-order valence-electron chi connectivity index (χ3n) is 3.05. The molecule has 5 nitrogen and oxygen atoms in total. The number of furan rings is 1. The second kappa shape index (κ2) is 6.95. The lowest BCUT2D eigenvalue weighted by molar-refractivity contribution is 0.140. The van der Waals surface area contributed by atoms with Crippen molar-refractivity contribution in [3.05, 3.63) is 53.5 Å². The van der Waals surface area contributed by atoms with E-state index in [4.69, 9.17) is 4.42 Å². The number of anilines is 1. The van der Waals surface area contributed by atoms with Crippen molar-refractivity contribution < 1.29 is 14.3 Å². The average Bonchev–Trinajstić information content (AvgIpc) is 2.90. The quantitative estimate of drug-likeness (QED) is 0.791. The predicted octanol–water partition coefficient (Wildman–Crippen LogP) is 3.14. The maximum atomic E-state index is 11.8. The van der Waals surface area contributed by atoms with Crippen molar-refractivity contribution in [2.45, 2.75) is 26.4 Å². The Kier molecular flexibility index (Phi) is 5.00. The van der Waals surface area contributed by atoms with E-state index in [9.17, 15) is 9.90 Å². The minimum atomic E-state index is -0.707. The molecule has 3 N–H and O–H groups in total. The normalized spacial score (nSPS) is 12.0. The van der Waals surface area contributed by atoms with Gasteiger partial charge in [-0.15, -0.1) is 0 Å². The Morgan fingerprint density at radius 1 is 1.29 bits per heavy atom. The minimum Gasteiger partial charge on any atom is -0.467 e. The molecule has 112 valence electrons. The lowest BCUT2D eigenvalue weighted by Gasteiger charge is -2.11. The fourth-order valence-corrected chi connectivity index (χ4v) is 2.17. The molecule has 2 rings (SSSR count). The van der Waals surface area contributed by atoms with Gasteiger partial charge in [0.15, 0.2) is 0 Å². The molecule has 2 aromatic rings. The molecule has 1 heterocycles. The maximum absolute atomic E-state index is 11.8. The number of hydrogen-bond acceptors (Lipinski definition) is 3. The molecule has 2 amide bonds. The molecule has 0 saturated heterocycles. The summed E-state index contributed by atoms with van der Waals surface area (Å²) in [5, 5.41) is 15.3. The fraction of sp³-hybridized carbons (Fsp3) is 0.312. The fourth-order valence-electron chi connectivity index (χ4n) is 2.17. The molecule has 1 atom stereocenters. The minimum absolute atomic E-state index is 0.286. The molecule has 0 radical (unpaired) electrons. The number of aliphatic hydroxyl groups is 1. The molecule has 0 bridgehead atoms. The standard InChI is InChI=1S/C16H20N2O3/c1-11-8-12(2)10-13(9-11)18-16(20)17-6-5-14(19)15-4-3-7-21-15/h3-4,7-10,14,19H,5-6H2,1-2H3,(H2,17,18,20). The number of nitrogens with one attached hydrogen (secondary N) is 2. The van der Waals surface area contributed by atoms with E-state index in [0.717, 1.165) is 16.8 Å². The molecule has 1 aromatic heterocycles. The summed E-state index contributed by atoms with van der Waals surface area (Å²) in [5.74, 6) is 0.506. The summed E-state index contributed by atoms with van der Waals surface area (Å²) in [6, 6.07) is 9.00. The van der Waals surface area contributed by atoms with Gasteiger partial charge < -0.3 is 20.2 Å². The Balaban J connectivity index is 1.77. The monoisotopic (exact) mass is 288 g/mol. The molecule has 0 spiro atoms. The molecule has 0 aliphatic rings. The summed E-state index contributed by atoms with van der Waals surface area (Å²) < 4.78 is 5.10. The average molecular weight is 288 g/mol. The summed E-state index contributed by atoms with van der Waals surface area (Å²) in [4.78, 5) is 11.8. The zero-order valence-corrected chi connectivity index (χ0v) is 12.2. The van der Waals surface area contributed by atoms with Crippen LogP contribution in [0.1, 0.15) is 29.4 Å². The summed E-state index contributed by atoms with van der Waals surface area (Å²) in [6.45, 7) is 4.32. The van der Waals surface area contributed by atoms with Crippen LogP contribution in [0.3, 0.4) is 0 Å². The van der Waals surface area contributed by atoms with Crippen LogP contribution >= 0.6 is 0 Å². The van der Waals surface area contributed by atoms with Crippen LogP contribution in [0, 0.1) is 13.8 Å². The van der Waals surface area contributed by atoms with Crippen LogP contribution in [0.5, 0.6) is 0 Å². The van der Waals surface area contributed by atoms with Gasteiger partial charge in [0.1, 0.15) is 11.9 Å². The molecule has 0 fully saturated rings. The second-order valence-corrected chi connectivity index (χ2v) is 5.08. The number of carbonyl (C=O) groups excluding carboxylic acids is 1. The lowest BCUT2D eigenvalue weighted by Crippen LogP contribution is -2.30. The van der Waals surface area contributed by atoms with Gasteiger partial charge in [-0.25, -0.2) is 4.79 Å². The van der Waals surface area contributed by atoms with Gasteiger partial charge in [0, 0.05) is 12.2 Å². The van der Waals surface area contributed by atoms with Crippen molar-refractivity contribution in [1.82, 2.24) is 5.32 Å². The summed E-state index contributed by atoms with van der Waals surface area (Å²) in [6.07, 6.45) is 1.20. The van der Waals surface area contributed by atoms with Crippen LogP contribution in [0.25, 0.3) is 0 Å². The van der Waals surface area contributed by atoms with Crippen LogP contribution in [0.4, 0.5) is 10.5 Å². The van der Waals surface area contributed by atoms with Gasteiger partial charge in [0.25, 0.3) is 0 Å². The van der Waals surface area contributed by atoms with E-state index in [2.05, 4.69) is 10.6 Å². The van der Waals surface area contributed by atoms with E-state index < -0.39 is 6.10 Å². The van der Waals surface area contributed by atoms with Crippen LogP contribution in [-0.2, 0) is 0 Å². The zero-order chi connectivity index (χ0) is 15.2. The number of hydrogen-bond donors (Lipinski definition) is 3. The van der Waals surface area contributed by atoms with Gasteiger partial charge in [0.2, 0.25) is 0 Å². The maximum Gasteiger partial charge on any atom is 0.319 e. The molecule has 21 heavy (non-hydrogen) atoms. The van der Waals surface area contributed by atoms with Gasteiger partial charge in [-0.1, -0.05) is 6.07 Å². The summed E-state index contributed by atoms with van der Waals surface area (Å²) in [5.41, 5.74) is 2.95. The third-order valence-corrected chi connectivity index (χ3v) is 3.05. The highest BCUT2D eigenvalue weighted by Gasteiger charge is 2.10. The van der Waals surface area contributed by atoms with Gasteiger partial charge >= 0.3 is 6.03 Å². The van der Waals surface area contributed by atoms with Crippen molar-refractivity contribution in [2.75, 3.05) is 11.9 Å². The number of carbonyl (C=O) groups is 1. The number of benzene rings is 1. The Hall–Kier alpha value is -2.27. The van der Waals surface area contributed by atoms with Gasteiger partial charge in [0.05, 0.1) is 6.26 Å².